The molecule has 0 aliphatic heterocycles. The maximum Gasteiger partial charge on any atom is 0.164 e. The van der Waals surface area contributed by atoms with Crippen molar-refractivity contribution in [1.82, 2.24) is 15.0 Å². The number of hydrogen-bond donors (Lipinski definition) is 0. The molecule has 9 aromatic carbocycles. The molecule has 0 amide bonds. The lowest BCUT2D eigenvalue weighted by Gasteiger charge is -2.12. The summed E-state index contributed by atoms with van der Waals surface area (Å²) in [5.41, 5.74) is 10.5. The lowest BCUT2D eigenvalue weighted by molar-refractivity contribution is 0.668. The van der Waals surface area contributed by atoms with Crippen LogP contribution in [0.15, 0.2) is 197 Å². The summed E-state index contributed by atoms with van der Waals surface area (Å²) in [6.07, 6.45) is 0. The van der Waals surface area contributed by atoms with E-state index in [0.717, 1.165) is 77.3 Å². The first-order chi connectivity index (χ1) is 28.7. The first-order valence-corrected chi connectivity index (χ1v) is 19.4. The number of hydrogen-bond acceptors (Lipinski definition) is 5. The highest BCUT2D eigenvalue weighted by atomic mass is 16.3. The normalized spacial score (nSPS) is 11.8. The van der Waals surface area contributed by atoms with E-state index in [9.17, 15) is 0 Å². The van der Waals surface area contributed by atoms with Crippen LogP contribution in [0.5, 0.6) is 0 Å². The Morgan fingerprint density at radius 3 is 1.72 bits per heavy atom. The van der Waals surface area contributed by atoms with E-state index in [1.165, 1.54) is 27.1 Å². The average Bonchev–Trinajstić information content (AvgIpc) is 3.87. The van der Waals surface area contributed by atoms with Crippen LogP contribution < -0.4 is 0 Å². The summed E-state index contributed by atoms with van der Waals surface area (Å²) >= 11 is 0. The summed E-state index contributed by atoms with van der Waals surface area (Å²) in [6, 6.07) is 65.2. The molecule has 0 spiro atoms. The van der Waals surface area contributed by atoms with E-state index in [1.807, 2.05) is 60.7 Å². The minimum absolute atomic E-state index is 0.579. The molecule has 58 heavy (non-hydrogen) atoms. The van der Waals surface area contributed by atoms with Gasteiger partial charge in [0.15, 0.2) is 17.5 Å². The number of rotatable bonds is 5. The predicted molar refractivity (Wildman–Crippen MR) is 237 cm³/mol. The summed E-state index contributed by atoms with van der Waals surface area (Å²) in [7, 11) is 0. The standard InChI is InChI=1S/C53H31N3O2/c1-2-12-32(13-3-1)51-54-52(37-16-10-15-33(28-37)34-24-26-47-44(29-34)41-20-8-9-22-46(41)57-47)56-53(55-51)42-21-11-23-49-50(42)45-31-36(25-27-48(45)58-49)43-30-35-14-4-5-17-38(35)39-18-6-7-19-40(39)43/h1-31H. The van der Waals surface area contributed by atoms with E-state index in [-0.39, 0.29) is 0 Å². The smallest absolute Gasteiger partial charge is 0.164 e. The van der Waals surface area contributed by atoms with Gasteiger partial charge in [-0.15, -0.1) is 0 Å². The van der Waals surface area contributed by atoms with E-state index in [0.29, 0.717) is 17.5 Å². The van der Waals surface area contributed by atoms with Crippen molar-refractivity contribution >= 4 is 65.4 Å². The molecule has 5 heteroatoms. The van der Waals surface area contributed by atoms with Gasteiger partial charge in [0.25, 0.3) is 0 Å². The molecule has 0 radical (unpaired) electrons. The van der Waals surface area contributed by atoms with Crippen molar-refractivity contribution in [2.75, 3.05) is 0 Å². The third-order valence-electron chi connectivity index (χ3n) is 11.3. The van der Waals surface area contributed by atoms with Crippen LogP contribution in [0.25, 0.3) is 122 Å². The molecule has 12 rings (SSSR count). The van der Waals surface area contributed by atoms with Gasteiger partial charge in [-0.3, -0.25) is 0 Å². The SMILES string of the molecule is c1ccc(-c2nc(-c3cccc(-c4ccc5oc6ccccc6c5c4)c3)nc(-c3cccc4oc5ccc(-c6cc7ccccc7c7ccccc67)cc5c34)n2)cc1. The zero-order chi connectivity index (χ0) is 38.2. The van der Waals surface area contributed by atoms with Gasteiger partial charge in [0, 0.05) is 38.2 Å². The second-order valence-corrected chi connectivity index (χ2v) is 14.7. The maximum absolute atomic E-state index is 6.53. The minimum Gasteiger partial charge on any atom is -0.456 e. The molecule has 0 atom stereocenters. The fraction of sp³-hybridized carbons (Fsp3) is 0. The summed E-state index contributed by atoms with van der Waals surface area (Å²) in [5, 5.41) is 9.07. The van der Waals surface area contributed by atoms with E-state index in [2.05, 4.69) is 127 Å². The van der Waals surface area contributed by atoms with Gasteiger partial charge in [-0.25, -0.2) is 15.0 Å². The first kappa shape index (κ1) is 32.4. The van der Waals surface area contributed by atoms with Crippen molar-refractivity contribution in [2.24, 2.45) is 0 Å². The Balaban J connectivity index is 1.04. The topological polar surface area (TPSA) is 65.0 Å². The molecule has 0 saturated heterocycles. The quantitative estimate of drug-likeness (QED) is 0.164. The van der Waals surface area contributed by atoms with Gasteiger partial charge in [-0.2, -0.15) is 0 Å². The molecule has 0 unspecified atom stereocenters. The van der Waals surface area contributed by atoms with Crippen LogP contribution in [-0.2, 0) is 0 Å². The molecule has 0 aliphatic rings. The predicted octanol–water partition coefficient (Wildman–Crippen LogP) is 14.3. The fourth-order valence-corrected chi connectivity index (χ4v) is 8.56. The molecule has 0 saturated carbocycles. The molecule has 5 nitrogen and oxygen atoms in total. The van der Waals surface area contributed by atoms with E-state index in [1.54, 1.807) is 0 Å². The largest absolute Gasteiger partial charge is 0.456 e. The zero-order valence-electron chi connectivity index (χ0n) is 31.1. The number of furan rings is 2. The first-order valence-electron chi connectivity index (χ1n) is 19.4. The Bertz CT molecular complexity index is 3580. The Hall–Kier alpha value is -7.89. The third-order valence-corrected chi connectivity index (χ3v) is 11.3. The van der Waals surface area contributed by atoms with E-state index < -0.39 is 0 Å². The maximum atomic E-state index is 6.53. The molecule has 0 aliphatic carbocycles. The van der Waals surface area contributed by atoms with Crippen LogP contribution in [-0.4, -0.2) is 15.0 Å². The van der Waals surface area contributed by atoms with Crippen LogP contribution >= 0.6 is 0 Å². The molecule has 3 aromatic heterocycles. The van der Waals surface area contributed by atoms with Crippen molar-refractivity contribution in [1.29, 1.82) is 0 Å². The van der Waals surface area contributed by atoms with E-state index in [4.69, 9.17) is 23.8 Å². The third kappa shape index (κ3) is 5.21. The molecular weight excluding hydrogens is 711 g/mol. The van der Waals surface area contributed by atoms with Crippen molar-refractivity contribution in [3.63, 3.8) is 0 Å². The van der Waals surface area contributed by atoms with Gasteiger partial charge in [0.05, 0.1) is 0 Å². The molecule has 0 fully saturated rings. The summed E-state index contributed by atoms with van der Waals surface area (Å²) in [4.78, 5) is 15.5. The highest BCUT2D eigenvalue weighted by Gasteiger charge is 2.19. The van der Waals surface area contributed by atoms with Crippen LogP contribution in [0, 0.1) is 0 Å². The molecule has 3 heterocycles. The van der Waals surface area contributed by atoms with Crippen molar-refractivity contribution in [3.05, 3.63) is 188 Å². The van der Waals surface area contributed by atoms with Crippen LogP contribution in [0.2, 0.25) is 0 Å². The highest BCUT2D eigenvalue weighted by Crippen LogP contribution is 2.41. The zero-order valence-corrected chi connectivity index (χ0v) is 31.1. The molecule has 12 aromatic rings. The number of fused-ring (bicyclic) bond motifs is 9. The summed E-state index contributed by atoms with van der Waals surface area (Å²) in [6.45, 7) is 0. The van der Waals surface area contributed by atoms with Gasteiger partial charge in [-0.05, 0) is 92.3 Å². The Labute approximate surface area is 332 Å². The van der Waals surface area contributed by atoms with Crippen molar-refractivity contribution in [3.8, 4) is 56.4 Å². The molecule has 270 valence electrons. The second-order valence-electron chi connectivity index (χ2n) is 14.7. The Kier molecular flexibility index (Phi) is 7.16. The monoisotopic (exact) mass is 741 g/mol. The fourth-order valence-electron chi connectivity index (χ4n) is 8.56. The molecular formula is C53H31N3O2. The van der Waals surface area contributed by atoms with E-state index >= 15 is 0 Å². The summed E-state index contributed by atoms with van der Waals surface area (Å²) in [5.74, 6) is 1.77. The number of nitrogens with zero attached hydrogens (tertiary/aromatic N) is 3. The number of benzene rings is 9. The lowest BCUT2D eigenvalue weighted by Crippen LogP contribution is -2.00. The minimum atomic E-state index is 0.579. The Morgan fingerprint density at radius 2 is 0.845 bits per heavy atom. The molecule has 0 bridgehead atoms. The van der Waals surface area contributed by atoms with Crippen LogP contribution in [0.3, 0.4) is 0 Å². The number of para-hydroxylation sites is 1. The van der Waals surface area contributed by atoms with Crippen molar-refractivity contribution < 1.29 is 8.83 Å². The molecule has 0 N–H and O–H groups in total. The van der Waals surface area contributed by atoms with Crippen LogP contribution in [0.4, 0.5) is 0 Å². The van der Waals surface area contributed by atoms with Crippen LogP contribution in [0.1, 0.15) is 0 Å². The average molecular weight is 742 g/mol. The lowest BCUT2D eigenvalue weighted by atomic mass is 9.92. The summed E-state index contributed by atoms with van der Waals surface area (Å²) < 4.78 is 12.7. The highest BCUT2D eigenvalue weighted by molar-refractivity contribution is 6.16. The van der Waals surface area contributed by atoms with Crippen molar-refractivity contribution in [2.45, 2.75) is 0 Å². The van der Waals surface area contributed by atoms with Gasteiger partial charge in [-0.1, -0.05) is 140 Å². The number of aromatic nitrogens is 3. The van der Waals surface area contributed by atoms with Gasteiger partial charge in [0.1, 0.15) is 22.3 Å². The second kappa shape index (κ2) is 12.8. The Morgan fingerprint density at radius 1 is 0.276 bits per heavy atom. The van der Waals surface area contributed by atoms with Gasteiger partial charge < -0.3 is 8.83 Å². The van der Waals surface area contributed by atoms with Gasteiger partial charge in [0.2, 0.25) is 0 Å². The van der Waals surface area contributed by atoms with Gasteiger partial charge >= 0.3 is 0 Å².